The molecule has 2 N–H and O–H groups in total. The number of anilines is 1. The fourth-order valence-electron chi connectivity index (χ4n) is 3.93. The van der Waals surface area contributed by atoms with Crippen molar-refractivity contribution in [3.8, 4) is 11.5 Å². The molecule has 1 saturated heterocycles. The van der Waals surface area contributed by atoms with Crippen LogP contribution >= 0.6 is 0 Å². The zero-order valence-electron chi connectivity index (χ0n) is 20.6. The number of rotatable bonds is 9. The fourth-order valence-corrected chi connectivity index (χ4v) is 5.00. The highest BCUT2D eigenvalue weighted by Crippen LogP contribution is 2.30. The molecule has 0 atom stereocenters. The Labute approximate surface area is 217 Å². The van der Waals surface area contributed by atoms with Crippen LogP contribution < -0.4 is 14.8 Å². The van der Waals surface area contributed by atoms with Crippen molar-refractivity contribution in [1.29, 1.82) is 0 Å². The Kier molecular flexibility index (Phi) is 8.42. The van der Waals surface area contributed by atoms with Crippen molar-refractivity contribution in [2.24, 2.45) is 0 Å². The summed E-state index contributed by atoms with van der Waals surface area (Å²) in [6.45, 7) is 5.86. The molecule has 10 heteroatoms. The first-order valence-electron chi connectivity index (χ1n) is 12.1. The topological polar surface area (TPSA) is 108 Å². The minimum Gasteiger partial charge on any atom is -0.455 e. The molecule has 2 amide bonds. The van der Waals surface area contributed by atoms with E-state index in [1.165, 1.54) is 24.3 Å². The first-order chi connectivity index (χ1) is 17.9. The van der Waals surface area contributed by atoms with Crippen LogP contribution in [0.3, 0.4) is 0 Å². The van der Waals surface area contributed by atoms with Gasteiger partial charge >= 0.3 is 0 Å². The van der Waals surface area contributed by atoms with Crippen LogP contribution in [0.25, 0.3) is 0 Å². The Morgan fingerprint density at radius 1 is 0.865 bits per heavy atom. The maximum atomic E-state index is 13.0. The van der Waals surface area contributed by atoms with E-state index in [0.717, 1.165) is 19.6 Å². The lowest BCUT2D eigenvalue weighted by molar-refractivity contribution is -0.131. The highest BCUT2D eigenvalue weighted by atomic mass is 32.2. The second-order valence-corrected chi connectivity index (χ2v) is 10.2. The van der Waals surface area contributed by atoms with Crippen molar-refractivity contribution in [1.82, 2.24) is 15.1 Å². The standard InChI is InChI=1S/C27H30N4O5S/c1-2-30-16-18-31(19-17-30)26(32)20-28-27(33)21-12-14-23(15-13-21)37(34,35)29-24-10-6-7-11-25(24)36-22-8-4-3-5-9-22/h3-15,29H,2,16-20H2,1H3,(H,28,33). The Morgan fingerprint density at radius 3 is 2.19 bits per heavy atom. The van der Waals surface area contributed by atoms with E-state index in [4.69, 9.17) is 4.74 Å². The van der Waals surface area contributed by atoms with Crippen LogP contribution in [0.5, 0.6) is 11.5 Å². The minimum atomic E-state index is -3.94. The number of para-hydroxylation sites is 3. The van der Waals surface area contributed by atoms with E-state index in [-0.39, 0.29) is 28.6 Å². The molecular weight excluding hydrogens is 492 g/mol. The van der Waals surface area contributed by atoms with Gasteiger partial charge in [0, 0.05) is 31.7 Å². The summed E-state index contributed by atoms with van der Waals surface area (Å²) in [5, 5.41) is 2.62. The number of piperazine rings is 1. The summed E-state index contributed by atoms with van der Waals surface area (Å²) in [5.41, 5.74) is 0.543. The van der Waals surface area contributed by atoms with Gasteiger partial charge in [-0.15, -0.1) is 0 Å². The molecule has 0 aromatic heterocycles. The van der Waals surface area contributed by atoms with Gasteiger partial charge in [-0.25, -0.2) is 8.42 Å². The van der Waals surface area contributed by atoms with Crippen LogP contribution in [0.2, 0.25) is 0 Å². The van der Waals surface area contributed by atoms with Gasteiger partial charge in [-0.3, -0.25) is 14.3 Å². The van der Waals surface area contributed by atoms with Gasteiger partial charge in [0.25, 0.3) is 15.9 Å². The minimum absolute atomic E-state index is 0.0107. The first kappa shape index (κ1) is 26.2. The molecule has 0 unspecified atom stereocenters. The summed E-state index contributed by atoms with van der Waals surface area (Å²) in [6, 6.07) is 21.3. The van der Waals surface area contributed by atoms with Crippen LogP contribution in [-0.2, 0) is 14.8 Å². The van der Waals surface area contributed by atoms with Crippen molar-refractivity contribution >= 4 is 27.5 Å². The zero-order valence-corrected chi connectivity index (χ0v) is 21.4. The highest BCUT2D eigenvalue weighted by Gasteiger charge is 2.21. The van der Waals surface area contributed by atoms with E-state index < -0.39 is 15.9 Å². The summed E-state index contributed by atoms with van der Waals surface area (Å²) in [6.07, 6.45) is 0. The second-order valence-electron chi connectivity index (χ2n) is 8.54. The maximum absolute atomic E-state index is 13.0. The molecule has 0 saturated carbocycles. The average molecular weight is 523 g/mol. The number of ether oxygens (including phenoxy) is 1. The van der Waals surface area contributed by atoms with Crippen molar-refractivity contribution < 1.29 is 22.7 Å². The van der Waals surface area contributed by atoms with Crippen molar-refractivity contribution in [2.75, 3.05) is 44.0 Å². The molecule has 0 bridgehead atoms. The lowest BCUT2D eigenvalue weighted by Crippen LogP contribution is -2.51. The van der Waals surface area contributed by atoms with E-state index >= 15 is 0 Å². The van der Waals surface area contributed by atoms with Gasteiger partial charge in [-0.2, -0.15) is 0 Å². The number of hydrogen-bond acceptors (Lipinski definition) is 6. The van der Waals surface area contributed by atoms with E-state index in [1.54, 1.807) is 41.3 Å². The van der Waals surface area contributed by atoms with E-state index in [9.17, 15) is 18.0 Å². The molecule has 194 valence electrons. The molecule has 0 radical (unpaired) electrons. The third-order valence-corrected chi connectivity index (χ3v) is 7.48. The van der Waals surface area contributed by atoms with Crippen molar-refractivity contribution in [3.63, 3.8) is 0 Å². The van der Waals surface area contributed by atoms with E-state index in [2.05, 4.69) is 21.9 Å². The highest BCUT2D eigenvalue weighted by molar-refractivity contribution is 7.92. The van der Waals surface area contributed by atoms with Gasteiger partial charge in [-0.05, 0) is 55.1 Å². The second kappa shape index (κ2) is 11.9. The maximum Gasteiger partial charge on any atom is 0.262 e. The summed E-state index contributed by atoms with van der Waals surface area (Å²) in [4.78, 5) is 29.0. The van der Waals surface area contributed by atoms with Gasteiger partial charge in [0.15, 0.2) is 5.75 Å². The summed E-state index contributed by atoms with van der Waals surface area (Å²) in [7, 11) is -3.94. The molecule has 1 aliphatic heterocycles. The van der Waals surface area contributed by atoms with Crippen molar-refractivity contribution in [2.45, 2.75) is 11.8 Å². The lowest BCUT2D eigenvalue weighted by Gasteiger charge is -2.34. The number of carbonyl (C=O) groups is 2. The van der Waals surface area contributed by atoms with Crippen LogP contribution in [0.15, 0.2) is 83.8 Å². The number of likely N-dealkylation sites (N-methyl/N-ethyl adjacent to an activating group) is 1. The molecule has 0 spiro atoms. The van der Waals surface area contributed by atoms with Gasteiger partial charge < -0.3 is 19.9 Å². The Hall–Kier alpha value is -3.89. The van der Waals surface area contributed by atoms with E-state index in [1.807, 2.05) is 18.2 Å². The summed E-state index contributed by atoms with van der Waals surface area (Å²) >= 11 is 0. The molecular formula is C27H30N4O5S. The average Bonchev–Trinajstić information content (AvgIpc) is 2.93. The Bertz CT molecular complexity index is 1320. The molecule has 4 rings (SSSR count). The fraction of sp³-hybridized carbons (Fsp3) is 0.259. The van der Waals surface area contributed by atoms with E-state index in [0.29, 0.717) is 24.6 Å². The predicted molar refractivity (Wildman–Crippen MR) is 141 cm³/mol. The van der Waals surface area contributed by atoms with Gasteiger partial charge in [0.1, 0.15) is 5.75 Å². The SMILES string of the molecule is CCN1CCN(C(=O)CNC(=O)c2ccc(S(=O)(=O)Nc3ccccc3Oc3ccccc3)cc2)CC1. The Morgan fingerprint density at radius 2 is 1.51 bits per heavy atom. The number of hydrogen-bond donors (Lipinski definition) is 2. The largest absolute Gasteiger partial charge is 0.455 e. The third-order valence-electron chi connectivity index (χ3n) is 6.10. The zero-order chi connectivity index (χ0) is 26.3. The van der Waals surface area contributed by atoms with Gasteiger partial charge in [0.05, 0.1) is 17.1 Å². The normalized spacial score (nSPS) is 14.1. The number of amides is 2. The van der Waals surface area contributed by atoms with Crippen LogP contribution in [0.1, 0.15) is 17.3 Å². The van der Waals surface area contributed by atoms with Crippen molar-refractivity contribution in [3.05, 3.63) is 84.4 Å². The monoisotopic (exact) mass is 522 g/mol. The number of nitrogens with zero attached hydrogens (tertiary/aromatic N) is 2. The Balaban J connectivity index is 1.36. The van der Waals surface area contributed by atoms with Crippen LogP contribution in [0.4, 0.5) is 5.69 Å². The number of nitrogens with one attached hydrogen (secondary N) is 2. The lowest BCUT2D eigenvalue weighted by atomic mass is 10.2. The third kappa shape index (κ3) is 6.87. The predicted octanol–water partition coefficient (Wildman–Crippen LogP) is 3.17. The number of benzene rings is 3. The number of sulfonamides is 1. The van der Waals surface area contributed by atoms with Gasteiger partial charge in [0.2, 0.25) is 5.91 Å². The molecule has 1 fully saturated rings. The number of carbonyl (C=O) groups excluding carboxylic acids is 2. The van der Waals surface area contributed by atoms with Crippen LogP contribution in [0, 0.1) is 0 Å². The molecule has 3 aromatic rings. The quantitative estimate of drug-likeness (QED) is 0.447. The molecule has 1 heterocycles. The molecule has 1 aliphatic rings. The molecule has 9 nitrogen and oxygen atoms in total. The smallest absolute Gasteiger partial charge is 0.262 e. The van der Waals surface area contributed by atoms with Crippen LogP contribution in [-0.4, -0.2) is 69.3 Å². The molecule has 37 heavy (non-hydrogen) atoms. The van der Waals surface area contributed by atoms with Gasteiger partial charge in [-0.1, -0.05) is 37.3 Å². The molecule has 3 aromatic carbocycles. The molecule has 0 aliphatic carbocycles. The summed E-state index contributed by atoms with van der Waals surface area (Å²) < 4.78 is 34.4. The summed E-state index contributed by atoms with van der Waals surface area (Å²) in [5.74, 6) is 0.350. The first-order valence-corrected chi connectivity index (χ1v) is 13.6.